The van der Waals surface area contributed by atoms with E-state index in [0.717, 1.165) is 24.8 Å². The molecule has 0 unspecified atom stereocenters. The van der Waals surface area contributed by atoms with E-state index in [1.165, 1.54) is 11.1 Å². The van der Waals surface area contributed by atoms with Gasteiger partial charge in [0.05, 0.1) is 0 Å². The molecule has 0 atom stereocenters. The molecule has 0 aliphatic heterocycles. The average molecular weight is 191 g/mol. The average Bonchev–Trinajstić information content (AvgIpc) is 2.51. The Bertz CT molecular complexity index is 347. The number of carbonyl (C=O) groups excluding carboxylic acids is 1. The molecule has 0 amide bonds. The van der Waals surface area contributed by atoms with Crippen molar-refractivity contribution in [3.05, 3.63) is 29.1 Å². The standard InChI is InChI=1S/C12H17NO/c1-4-10-9-13(3)12(7-6-8-14)11(10)5-2/h6-9H,4-5H2,1-3H3. The molecule has 1 aromatic rings. The van der Waals surface area contributed by atoms with Crippen molar-refractivity contribution in [2.45, 2.75) is 26.7 Å². The highest BCUT2D eigenvalue weighted by Crippen LogP contribution is 2.19. The number of allylic oxidation sites excluding steroid dienone is 1. The molecule has 0 spiro atoms. The molecule has 14 heavy (non-hydrogen) atoms. The number of hydrogen-bond donors (Lipinski definition) is 0. The molecule has 0 aliphatic carbocycles. The fourth-order valence-electron chi connectivity index (χ4n) is 1.82. The molecule has 0 fully saturated rings. The van der Waals surface area contributed by atoms with E-state index in [1.807, 2.05) is 13.1 Å². The Morgan fingerprint density at radius 2 is 2.07 bits per heavy atom. The van der Waals surface area contributed by atoms with Gasteiger partial charge in [-0.25, -0.2) is 0 Å². The van der Waals surface area contributed by atoms with Gasteiger partial charge in [-0.2, -0.15) is 0 Å². The van der Waals surface area contributed by atoms with Crippen molar-refractivity contribution in [3.63, 3.8) is 0 Å². The third kappa shape index (κ3) is 1.95. The normalized spacial score (nSPS) is 11.1. The monoisotopic (exact) mass is 191 g/mol. The van der Waals surface area contributed by atoms with Crippen LogP contribution in [0.3, 0.4) is 0 Å². The quantitative estimate of drug-likeness (QED) is 0.529. The van der Waals surface area contributed by atoms with Gasteiger partial charge in [0.25, 0.3) is 0 Å². The Balaban J connectivity index is 3.18. The van der Waals surface area contributed by atoms with Gasteiger partial charge in [0.2, 0.25) is 0 Å². The summed E-state index contributed by atoms with van der Waals surface area (Å²) in [5, 5.41) is 0. The lowest BCUT2D eigenvalue weighted by molar-refractivity contribution is -0.104. The van der Waals surface area contributed by atoms with Crippen LogP contribution in [0.1, 0.15) is 30.7 Å². The molecule has 2 heteroatoms. The second-order valence-corrected chi connectivity index (χ2v) is 3.33. The van der Waals surface area contributed by atoms with E-state index in [2.05, 4.69) is 24.6 Å². The molecule has 76 valence electrons. The van der Waals surface area contributed by atoms with Gasteiger partial charge < -0.3 is 4.57 Å². The Kier molecular flexibility index (Phi) is 3.69. The summed E-state index contributed by atoms with van der Waals surface area (Å²) in [6.07, 6.45) is 8.45. The SMILES string of the molecule is CCc1cn(C)c(C=CC=O)c1CC. The van der Waals surface area contributed by atoms with Crippen molar-refractivity contribution in [2.24, 2.45) is 7.05 Å². The van der Waals surface area contributed by atoms with Crippen LogP contribution in [-0.2, 0) is 24.7 Å². The minimum atomic E-state index is 0.818. The van der Waals surface area contributed by atoms with E-state index < -0.39 is 0 Å². The highest BCUT2D eigenvalue weighted by Gasteiger charge is 2.08. The Morgan fingerprint density at radius 1 is 1.36 bits per heavy atom. The van der Waals surface area contributed by atoms with Gasteiger partial charge >= 0.3 is 0 Å². The van der Waals surface area contributed by atoms with Gasteiger partial charge in [0, 0.05) is 18.9 Å². The lowest BCUT2D eigenvalue weighted by atomic mass is 10.1. The summed E-state index contributed by atoms with van der Waals surface area (Å²) in [6.45, 7) is 4.30. The van der Waals surface area contributed by atoms with E-state index in [1.54, 1.807) is 6.08 Å². The summed E-state index contributed by atoms with van der Waals surface area (Å²) < 4.78 is 2.08. The maximum Gasteiger partial charge on any atom is 0.142 e. The first-order valence-corrected chi connectivity index (χ1v) is 5.03. The van der Waals surface area contributed by atoms with Crippen LogP contribution in [0, 0.1) is 0 Å². The molecule has 0 saturated heterocycles. The van der Waals surface area contributed by atoms with Crippen molar-refractivity contribution >= 4 is 12.4 Å². The van der Waals surface area contributed by atoms with Crippen LogP contribution in [0.15, 0.2) is 12.3 Å². The molecule has 1 rings (SSSR count). The fourth-order valence-corrected chi connectivity index (χ4v) is 1.82. The summed E-state index contributed by atoms with van der Waals surface area (Å²) in [5.41, 5.74) is 3.88. The summed E-state index contributed by atoms with van der Waals surface area (Å²) >= 11 is 0. The number of rotatable bonds is 4. The molecule has 2 nitrogen and oxygen atoms in total. The van der Waals surface area contributed by atoms with Crippen LogP contribution < -0.4 is 0 Å². The number of hydrogen-bond acceptors (Lipinski definition) is 1. The maximum absolute atomic E-state index is 10.3. The minimum absolute atomic E-state index is 0.818. The van der Waals surface area contributed by atoms with Gasteiger partial charge in [-0.3, -0.25) is 4.79 Å². The number of aromatic nitrogens is 1. The van der Waals surface area contributed by atoms with E-state index in [9.17, 15) is 4.79 Å². The predicted molar refractivity (Wildman–Crippen MR) is 59.3 cm³/mol. The van der Waals surface area contributed by atoms with Crippen LogP contribution in [0.4, 0.5) is 0 Å². The van der Waals surface area contributed by atoms with Gasteiger partial charge in [-0.1, -0.05) is 13.8 Å². The summed E-state index contributed by atoms with van der Waals surface area (Å²) in [7, 11) is 2.02. The molecule has 1 aromatic heterocycles. The van der Waals surface area contributed by atoms with Gasteiger partial charge in [0.15, 0.2) is 0 Å². The molecular weight excluding hydrogens is 174 g/mol. The molecule has 0 aromatic carbocycles. The van der Waals surface area contributed by atoms with Gasteiger partial charge in [-0.05, 0) is 36.1 Å². The first kappa shape index (κ1) is 10.8. The van der Waals surface area contributed by atoms with Crippen LogP contribution in [-0.4, -0.2) is 10.9 Å². The lowest BCUT2D eigenvalue weighted by Gasteiger charge is -2.00. The minimum Gasteiger partial charge on any atom is -0.351 e. The molecule has 0 bridgehead atoms. The van der Waals surface area contributed by atoms with E-state index in [0.29, 0.717) is 0 Å². The van der Waals surface area contributed by atoms with E-state index in [-0.39, 0.29) is 0 Å². The predicted octanol–water partition coefficient (Wildman–Crippen LogP) is 2.36. The Hall–Kier alpha value is -1.31. The second-order valence-electron chi connectivity index (χ2n) is 3.33. The number of carbonyl (C=O) groups is 1. The van der Waals surface area contributed by atoms with Crippen LogP contribution in [0.2, 0.25) is 0 Å². The van der Waals surface area contributed by atoms with Crippen molar-refractivity contribution in [1.29, 1.82) is 0 Å². The van der Waals surface area contributed by atoms with Crippen molar-refractivity contribution in [3.8, 4) is 0 Å². The summed E-state index contributed by atoms with van der Waals surface area (Å²) in [4.78, 5) is 10.3. The molecule has 1 heterocycles. The fraction of sp³-hybridized carbons (Fsp3) is 0.417. The zero-order chi connectivity index (χ0) is 10.6. The Morgan fingerprint density at radius 3 is 2.57 bits per heavy atom. The van der Waals surface area contributed by atoms with Crippen LogP contribution >= 0.6 is 0 Å². The van der Waals surface area contributed by atoms with Gasteiger partial charge in [-0.15, -0.1) is 0 Å². The number of aryl methyl sites for hydroxylation is 2. The first-order valence-electron chi connectivity index (χ1n) is 5.03. The third-order valence-corrected chi connectivity index (χ3v) is 2.49. The maximum atomic E-state index is 10.3. The highest BCUT2D eigenvalue weighted by atomic mass is 16.1. The topological polar surface area (TPSA) is 22.0 Å². The molecule has 0 N–H and O–H groups in total. The van der Waals surface area contributed by atoms with Crippen LogP contribution in [0.5, 0.6) is 0 Å². The largest absolute Gasteiger partial charge is 0.351 e. The Labute approximate surface area is 85.2 Å². The van der Waals surface area contributed by atoms with Crippen molar-refractivity contribution in [2.75, 3.05) is 0 Å². The third-order valence-electron chi connectivity index (χ3n) is 2.49. The molecule has 0 aliphatic rings. The molecule has 0 saturated carbocycles. The number of aldehydes is 1. The smallest absolute Gasteiger partial charge is 0.142 e. The van der Waals surface area contributed by atoms with Gasteiger partial charge in [0.1, 0.15) is 6.29 Å². The summed E-state index contributed by atoms with van der Waals surface area (Å²) in [6, 6.07) is 0. The first-order chi connectivity index (χ1) is 6.74. The van der Waals surface area contributed by atoms with E-state index >= 15 is 0 Å². The van der Waals surface area contributed by atoms with Crippen molar-refractivity contribution < 1.29 is 4.79 Å². The lowest BCUT2D eigenvalue weighted by Crippen LogP contribution is -1.91. The van der Waals surface area contributed by atoms with Crippen LogP contribution in [0.25, 0.3) is 6.08 Å². The second kappa shape index (κ2) is 4.80. The van der Waals surface area contributed by atoms with Crippen molar-refractivity contribution in [1.82, 2.24) is 4.57 Å². The zero-order valence-electron chi connectivity index (χ0n) is 9.08. The molecular formula is C12H17NO. The molecule has 0 radical (unpaired) electrons. The number of nitrogens with zero attached hydrogens (tertiary/aromatic N) is 1. The summed E-state index contributed by atoms with van der Waals surface area (Å²) in [5.74, 6) is 0. The zero-order valence-corrected chi connectivity index (χ0v) is 9.08. The van der Waals surface area contributed by atoms with E-state index in [4.69, 9.17) is 0 Å². The highest BCUT2D eigenvalue weighted by molar-refractivity contribution is 5.74.